The van der Waals surface area contributed by atoms with E-state index >= 15 is 0 Å². The molecule has 0 aliphatic rings. The minimum Gasteiger partial charge on any atom is -0.467 e. The second kappa shape index (κ2) is 6.44. The van der Waals surface area contributed by atoms with Gasteiger partial charge in [-0.1, -0.05) is 6.92 Å². The Balaban J connectivity index is 4.58. The van der Waals surface area contributed by atoms with Crippen LogP contribution < -0.4 is 5.32 Å². The number of amides is 1. The number of hydrogen-bond acceptors (Lipinski definition) is 5. The number of aliphatic hydroxyl groups is 1. The fourth-order valence-electron chi connectivity index (χ4n) is 1.03. The van der Waals surface area contributed by atoms with Gasteiger partial charge in [0.2, 0.25) is 0 Å². The molecule has 0 aromatic carbocycles. The molecule has 94 valence electrons. The Morgan fingerprint density at radius 2 is 2.00 bits per heavy atom. The highest BCUT2D eigenvalue weighted by atomic mass is 16.5. The molecule has 0 radical (unpaired) electrons. The van der Waals surface area contributed by atoms with Crippen molar-refractivity contribution >= 4 is 11.9 Å². The van der Waals surface area contributed by atoms with Crippen molar-refractivity contribution in [3.63, 3.8) is 0 Å². The molecule has 2 atom stereocenters. The lowest BCUT2D eigenvalue weighted by Gasteiger charge is -2.27. The molecule has 0 aliphatic heterocycles. The van der Waals surface area contributed by atoms with Gasteiger partial charge < -0.3 is 19.9 Å². The quantitative estimate of drug-likeness (QED) is 0.601. The molecular formula is C10H19NO5. The fraction of sp³-hybridized carbons (Fsp3) is 0.800. The second-order valence-corrected chi connectivity index (χ2v) is 3.52. The third-order valence-electron chi connectivity index (χ3n) is 2.58. The monoisotopic (exact) mass is 233 g/mol. The van der Waals surface area contributed by atoms with Gasteiger partial charge in [0.15, 0.2) is 6.04 Å². The number of ether oxygens (including phenoxy) is 2. The van der Waals surface area contributed by atoms with Crippen molar-refractivity contribution in [1.82, 2.24) is 5.32 Å². The Labute approximate surface area is 94.9 Å². The van der Waals surface area contributed by atoms with Gasteiger partial charge in [-0.15, -0.1) is 0 Å². The van der Waals surface area contributed by atoms with Gasteiger partial charge in [0.1, 0.15) is 5.60 Å². The smallest absolute Gasteiger partial charge is 0.330 e. The minimum absolute atomic E-state index is 0.453. The molecule has 16 heavy (non-hydrogen) atoms. The summed E-state index contributed by atoms with van der Waals surface area (Å²) in [5.74, 6) is -1.15. The molecule has 0 bridgehead atoms. The molecule has 0 saturated carbocycles. The average Bonchev–Trinajstić information content (AvgIpc) is 2.33. The van der Waals surface area contributed by atoms with E-state index in [4.69, 9.17) is 9.84 Å². The number of esters is 1. The molecule has 0 aromatic heterocycles. The summed E-state index contributed by atoms with van der Waals surface area (Å²) in [6.07, 6.45) is 0.453. The van der Waals surface area contributed by atoms with Crippen molar-refractivity contribution in [2.24, 2.45) is 0 Å². The first-order valence-corrected chi connectivity index (χ1v) is 5.00. The summed E-state index contributed by atoms with van der Waals surface area (Å²) < 4.78 is 9.49. The summed E-state index contributed by atoms with van der Waals surface area (Å²) in [6.45, 7) is 2.88. The molecular weight excluding hydrogens is 214 g/mol. The van der Waals surface area contributed by atoms with Crippen LogP contribution in [0.15, 0.2) is 0 Å². The molecule has 6 heteroatoms. The first-order chi connectivity index (χ1) is 7.45. The van der Waals surface area contributed by atoms with E-state index in [0.29, 0.717) is 6.42 Å². The van der Waals surface area contributed by atoms with Gasteiger partial charge in [-0.25, -0.2) is 4.79 Å². The largest absolute Gasteiger partial charge is 0.467 e. The predicted molar refractivity (Wildman–Crippen MR) is 56.7 cm³/mol. The highest BCUT2D eigenvalue weighted by Gasteiger charge is 2.34. The molecule has 0 rings (SSSR count). The fourth-order valence-corrected chi connectivity index (χ4v) is 1.03. The van der Waals surface area contributed by atoms with Crippen LogP contribution in [-0.2, 0) is 19.1 Å². The summed E-state index contributed by atoms with van der Waals surface area (Å²) >= 11 is 0. The standard InChI is InChI=1S/C10H19NO5/c1-5-10(2,16-4)9(14)11-7(6-12)8(13)15-3/h7,12H,5-6H2,1-4H3,(H,11,14). The molecule has 0 heterocycles. The van der Waals surface area contributed by atoms with Gasteiger partial charge in [0, 0.05) is 7.11 Å². The number of methoxy groups -OCH3 is 2. The van der Waals surface area contributed by atoms with Crippen LogP contribution in [0.2, 0.25) is 0 Å². The number of carbonyl (C=O) groups is 2. The molecule has 1 amide bonds. The number of hydrogen-bond donors (Lipinski definition) is 2. The zero-order valence-corrected chi connectivity index (χ0v) is 10.1. The zero-order chi connectivity index (χ0) is 12.8. The summed E-state index contributed by atoms with van der Waals surface area (Å²) in [5, 5.41) is 11.3. The van der Waals surface area contributed by atoms with Crippen LogP contribution in [-0.4, -0.2) is 49.5 Å². The number of rotatable bonds is 6. The molecule has 6 nitrogen and oxygen atoms in total. The lowest BCUT2D eigenvalue weighted by Crippen LogP contribution is -2.53. The summed E-state index contributed by atoms with van der Waals surface area (Å²) in [6, 6.07) is -1.06. The van der Waals surface area contributed by atoms with E-state index in [1.165, 1.54) is 14.2 Å². The van der Waals surface area contributed by atoms with E-state index in [2.05, 4.69) is 10.1 Å². The molecule has 2 unspecified atom stereocenters. The van der Waals surface area contributed by atoms with Crippen LogP contribution in [0.1, 0.15) is 20.3 Å². The molecule has 0 aliphatic carbocycles. The third kappa shape index (κ3) is 3.46. The van der Waals surface area contributed by atoms with Crippen molar-refractivity contribution in [2.45, 2.75) is 31.9 Å². The maximum Gasteiger partial charge on any atom is 0.330 e. The van der Waals surface area contributed by atoms with Gasteiger partial charge in [0.05, 0.1) is 13.7 Å². The van der Waals surface area contributed by atoms with E-state index < -0.39 is 30.1 Å². The first-order valence-electron chi connectivity index (χ1n) is 5.00. The highest BCUT2D eigenvalue weighted by molar-refractivity contribution is 5.89. The predicted octanol–water partition coefficient (Wildman–Crippen LogP) is -0.548. The molecule has 2 N–H and O–H groups in total. The highest BCUT2D eigenvalue weighted by Crippen LogP contribution is 2.14. The third-order valence-corrected chi connectivity index (χ3v) is 2.58. The van der Waals surface area contributed by atoms with Gasteiger partial charge in [-0.3, -0.25) is 4.79 Å². The maximum atomic E-state index is 11.8. The summed E-state index contributed by atoms with van der Waals surface area (Å²) in [7, 11) is 2.60. The first kappa shape index (κ1) is 14.9. The van der Waals surface area contributed by atoms with Gasteiger partial charge in [-0.2, -0.15) is 0 Å². The van der Waals surface area contributed by atoms with E-state index in [9.17, 15) is 9.59 Å². The van der Waals surface area contributed by atoms with E-state index in [1.807, 2.05) is 0 Å². The normalized spacial score (nSPS) is 16.1. The van der Waals surface area contributed by atoms with Gasteiger partial charge in [-0.05, 0) is 13.3 Å². The Kier molecular flexibility index (Phi) is 5.98. The van der Waals surface area contributed by atoms with Crippen LogP contribution in [0.25, 0.3) is 0 Å². The molecule has 0 aromatic rings. The number of nitrogens with one attached hydrogen (secondary N) is 1. The summed E-state index contributed by atoms with van der Waals surface area (Å²) in [4.78, 5) is 22.9. The topological polar surface area (TPSA) is 84.9 Å². The van der Waals surface area contributed by atoms with E-state index in [-0.39, 0.29) is 0 Å². The van der Waals surface area contributed by atoms with Crippen LogP contribution in [0.5, 0.6) is 0 Å². The van der Waals surface area contributed by atoms with Crippen LogP contribution in [0.3, 0.4) is 0 Å². The molecule has 0 spiro atoms. The van der Waals surface area contributed by atoms with Gasteiger partial charge in [0.25, 0.3) is 5.91 Å². The Bertz CT molecular complexity index is 250. The van der Waals surface area contributed by atoms with E-state index in [1.54, 1.807) is 13.8 Å². The van der Waals surface area contributed by atoms with Crippen molar-refractivity contribution in [1.29, 1.82) is 0 Å². The van der Waals surface area contributed by atoms with Crippen molar-refractivity contribution in [3.8, 4) is 0 Å². The molecule has 0 saturated heterocycles. The minimum atomic E-state index is -1.06. The van der Waals surface area contributed by atoms with Gasteiger partial charge >= 0.3 is 5.97 Å². The van der Waals surface area contributed by atoms with Crippen LogP contribution in [0, 0.1) is 0 Å². The molecule has 0 fully saturated rings. The Hall–Kier alpha value is -1.14. The maximum absolute atomic E-state index is 11.8. The summed E-state index contributed by atoms with van der Waals surface area (Å²) in [5.41, 5.74) is -1.01. The Morgan fingerprint density at radius 1 is 1.44 bits per heavy atom. The van der Waals surface area contributed by atoms with Crippen LogP contribution in [0.4, 0.5) is 0 Å². The SMILES string of the molecule is CCC(C)(OC)C(=O)NC(CO)C(=O)OC. The van der Waals surface area contributed by atoms with Crippen molar-refractivity contribution in [3.05, 3.63) is 0 Å². The lowest BCUT2D eigenvalue weighted by atomic mass is 10.0. The number of carbonyl (C=O) groups excluding carboxylic acids is 2. The average molecular weight is 233 g/mol. The number of aliphatic hydroxyl groups excluding tert-OH is 1. The Morgan fingerprint density at radius 3 is 2.31 bits per heavy atom. The second-order valence-electron chi connectivity index (χ2n) is 3.52. The van der Waals surface area contributed by atoms with Crippen molar-refractivity contribution < 1.29 is 24.2 Å². The van der Waals surface area contributed by atoms with Crippen LogP contribution >= 0.6 is 0 Å². The van der Waals surface area contributed by atoms with E-state index in [0.717, 1.165) is 0 Å². The zero-order valence-electron chi connectivity index (χ0n) is 10.1. The van der Waals surface area contributed by atoms with Crippen molar-refractivity contribution in [2.75, 3.05) is 20.8 Å². The lowest BCUT2D eigenvalue weighted by molar-refractivity contribution is -0.151.